The molecule has 1 heterocycles. The van der Waals surface area contributed by atoms with Crippen LogP contribution in [0.4, 0.5) is 5.69 Å². The van der Waals surface area contributed by atoms with Gasteiger partial charge in [-0.1, -0.05) is 0 Å². The zero-order chi connectivity index (χ0) is 15.4. The number of nitrogens with zero attached hydrogens (tertiary/aromatic N) is 3. The molecule has 0 radical (unpaired) electrons. The molecule has 1 N–H and O–H groups in total. The minimum Gasteiger partial charge on any atom is -0.378 e. The van der Waals surface area contributed by atoms with Gasteiger partial charge >= 0.3 is 0 Å². The Labute approximate surface area is 123 Å². The van der Waals surface area contributed by atoms with Crippen LogP contribution in [0.15, 0.2) is 18.2 Å². The summed E-state index contributed by atoms with van der Waals surface area (Å²) in [5.74, 6) is -0.118. The summed E-state index contributed by atoms with van der Waals surface area (Å²) in [5, 5.41) is 12.0. The molecule has 6 heteroatoms. The molecule has 0 fully saturated rings. The predicted molar refractivity (Wildman–Crippen MR) is 78.8 cm³/mol. The summed E-state index contributed by atoms with van der Waals surface area (Å²) in [6.07, 6.45) is 1.25. The number of hydrogen-bond donors (Lipinski definition) is 1. The van der Waals surface area contributed by atoms with E-state index in [1.165, 1.54) is 0 Å². The molecule has 1 unspecified atom stereocenters. The van der Waals surface area contributed by atoms with Gasteiger partial charge in [0.2, 0.25) is 6.41 Å². The highest BCUT2D eigenvalue weighted by Crippen LogP contribution is 2.35. The van der Waals surface area contributed by atoms with Crippen LogP contribution in [-0.2, 0) is 4.79 Å². The Hall–Kier alpha value is -2.55. The lowest BCUT2D eigenvalue weighted by Gasteiger charge is -2.20. The van der Waals surface area contributed by atoms with E-state index in [9.17, 15) is 14.9 Å². The van der Waals surface area contributed by atoms with Gasteiger partial charge in [-0.25, -0.2) is 0 Å². The Morgan fingerprint density at radius 3 is 2.86 bits per heavy atom. The summed E-state index contributed by atoms with van der Waals surface area (Å²) in [5.41, 5.74) is 2.32. The Morgan fingerprint density at radius 1 is 1.48 bits per heavy atom. The average Bonchev–Trinajstić information content (AvgIpc) is 2.75. The standard InChI is InChI=1S/C15H18N4O2/c1-18(2)11-4-5-12-13(8-11)14(9-16)19(15(12)21)7-3-6-17-10-20/h4-5,8,10,14H,3,6-7H2,1-2H3,(H,17,20). The first-order valence-corrected chi connectivity index (χ1v) is 6.79. The van der Waals surface area contributed by atoms with Gasteiger partial charge in [-0.05, 0) is 24.6 Å². The third-order valence-corrected chi connectivity index (χ3v) is 3.57. The van der Waals surface area contributed by atoms with Crippen LogP contribution >= 0.6 is 0 Å². The summed E-state index contributed by atoms with van der Waals surface area (Å²) in [6, 6.07) is 7.20. The number of rotatable bonds is 6. The highest BCUT2D eigenvalue weighted by Gasteiger charge is 2.36. The van der Waals surface area contributed by atoms with Crippen LogP contribution < -0.4 is 10.2 Å². The fourth-order valence-electron chi connectivity index (χ4n) is 2.47. The van der Waals surface area contributed by atoms with Crippen LogP contribution in [-0.4, -0.2) is 44.4 Å². The number of fused-ring (bicyclic) bond motifs is 1. The monoisotopic (exact) mass is 286 g/mol. The Morgan fingerprint density at radius 2 is 2.24 bits per heavy atom. The van der Waals surface area contributed by atoms with Crippen molar-refractivity contribution in [1.29, 1.82) is 5.26 Å². The van der Waals surface area contributed by atoms with E-state index >= 15 is 0 Å². The number of amides is 2. The van der Waals surface area contributed by atoms with Gasteiger partial charge in [-0.2, -0.15) is 5.26 Å². The summed E-state index contributed by atoms with van der Waals surface area (Å²) >= 11 is 0. The quantitative estimate of drug-likeness (QED) is 0.623. The third kappa shape index (κ3) is 2.82. The number of hydrogen-bond acceptors (Lipinski definition) is 4. The molecule has 1 aliphatic rings. The number of benzene rings is 1. The molecule has 1 aromatic rings. The summed E-state index contributed by atoms with van der Waals surface area (Å²) in [4.78, 5) is 26.1. The number of anilines is 1. The summed E-state index contributed by atoms with van der Waals surface area (Å²) < 4.78 is 0. The zero-order valence-corrected chi connectivity index (χ0v) is 12.2. The normalized spacial score (nSPS) is 16.3. The molecule has 21 heavy (non-hydrogen) atoms. The van der Waals surface area contributed by atoms with Crippen LogP contribution in [0.5, 0.6) is 0 Å². The van der Waals surface area contributed by atoms with Gasteiger partial charge in [0, 0.05) is 44.0 Å². The predicted octanol–water partition coefficient (Wildman–Crippen LogP) is 0.909. The third-order valence-electron chi connectivity index (χ3n) is 3.57. The molecule has 0 saturated heterocycles. The maximum atomic E-state index is 12.4. The molecule has 6 nitrogen and oxygen atoms in total. The molecular formula is C15H18N4O2. The van der Waals surface area contributed by atoms with Crippen molar-refractivity contribution < 1.29 is 9.59 Å². The van der Waals surface area contributed by atoms with E-state index in [-0.39, 0.29) is 5.91 Å². The first-order valence-electron chi connectivity index (χ1n) is 6.79. The molecule has 2 rings (SSSR count). The molecule has 0 saturated carbocycles. The van der Waals surface area contributed by atoms with Gasteiger partial charge in [0.05, 0.1) is 6.07 Å². The maximum Gasteiger partial charge on any atom is 0.255 e. The minimum atomic E-state index is -0.552. The van der Waals surface area contributed by atoms with E-state index in [2.05, 4.69) is 11.4 Å². The number of nitrogens with one attached hydrogen (secondary N) is 1. The van der Waals surface area contributed by atoms with Crippen LogP contribution in [0.2, 0.25) is 0 Å². The molecular weight excluding hydrogens is 268 g/mol. The van der Waals surface area contributed by atoms with Crippen molar-refractivity contribution in [2.45, 2.75) is 12.5 Å². The molecule has 0 bridgehead atoms. The van der Waals surface area contributed by atoms with Gasteiger partial charge in [-0.3, -0.25) is 9.59 Å². The van der Waals surface area contributed by atoms with Crippen LogP contribution in [0.25, 0.3) is 0 Å². The molecule has 0 aromatic heterocycles. The van der Waals surface area contributed by atoms with Crippen molar-refractivity contribution in [2.75, 3.05) is 32.1 Å². The van der Waals surface area contributed by atoms with Gasteiger partial charge in [0.1, 0.15) is 6.04 Å². The lowest BCUT2D eigenvalue weighted by Crippen LogP contribution is -2.30. The van der Waals surface area contributed by atoms with Crippen LogP contribution in [0.3, 0.4) is 0 Å². The van der Waals surface area contributed by atoms with Gasteiger partial charge < -0.3 is 15.1 Å². The van der Waals surface area contributed by atoms with Gasteiger partial charge in [0.15, 0.2) is 0 Å². The summed E-state index contributed by atoms with van der Waals surface area (Å²) in [7, 11) is 3.84. The van der Waals surface area contributed by atoms with Crippen molar-refractivity contribution in [3.8, 4) is 6.07 Å². The Balaban J connectivity index is 2.22. The van der Waals surface area contributed by atoms with Crippen molar-refractivity contribution >= 4 is 18.0 Å². The van der Waals surface area contributed by atoms with Gasteiger partial charge in [0.25, 0.3) is 5.91 Å². The largest absolute Gasteiger partial charge is 0.378 e. The Kier molecular flexibility index (Phi) is 4.43. The first kappa shape index (κ1) is 14.9. The van der Waals surface area contributed by atoms with Crippen molar-refractivity contribution in [2.24, 2.45) is 0 Å². The SMILES string of the molecule is CN(C)c1ccc2c(c1)C(C#N)N(CCCNC=O)C2=O. The van der Waals surface area contributed by atoms with Crippen LogP contribution in [0, 0.1) is 11.3 Å². The molecule has 1 aliphatic heterocycles. The fraction of sp³-hybridized carbons (Fsp3) is 0.400. The highest BCUT2D eigenvalue weighted by molar-refractivity contribution is 6.00. The van der Waals surface area contributed by atoms with E-state index in [0.717, 1.165) is 11.3 Å². The van der Waals surface area contributed by atoms with Gasteiger partial charge in [-0.15, -0.1) is 0 Å². The molecule has 110 valence electrons. The second-order valence-corrected chi connectivity index (χ2v) is 5.12. The number of nitriles is 1. The van der Waals surface area contributed by atoms with Crippen molar-refractivity contribution in [3.05, 3.63) is 29.3 Å². The van der Waals surface area contributed by atoms with Crippen molar-refractivity contribution in [3.63, 3.8) is 0 Å². The number of carbonyl (C=O) groups is 2. The van der Waals surface area contributed by atoms with E-state index in [0.29, 0.717) is 31.5 Å². The molecule has 0 spiro atoms. The lowest BCUT2D eigenvalue weighted by atomic mass is 10.0. The molecule has 1 aromatic carbocycles. The second kappa shape index (κ2) is 6.27. The topological polar surface area (TPSA) is 76.4 Å². The van der Waals surface area contributed by atoms with Crippen LogP contribution in [0.1, 0.15) is 28.4 Å². The van der Waals surface area contributed by atoms with Crippen molar-refractivity contribution in [1.82, 2.24) is 10.2 Å². The smallest absolute Gasteiger partial charge is 0.255 e. The minimum absolute atomic E-state index is 0.118. The summed E-state index contributed by atoms with van der Waals surface area (Å²) in [6.45, 7) is 0.939. The average molecular weight is 286 g/mol. The van der Waals surface area contributed by atoms with E-state index in [1.807, 2.05) is 31.1 Å². The fourth-order valence-corrected chi connectivity index (χ4v) is 2.47. The second-order valence-electron chi connectivity index (χ2n) is 5.12. The molecule has 0 aliphatic carbocycles. The Bertz CT molecular complexity index is 592. The zero-order valence-electron chi connectivity index (χ0n) is 12.2. The first-order chi connectivity index (χ1) is 10.1. The molecule has 1 atom stereocenters. The number of carbonyl (C=O) groups excluding carboxylic acids is 2. The highest BCUT2D eigenvalue weighted by atomic mass is 16.2. The van der Waals surface area contributed by atoms with E-state index in [1.54, 1.807) is 11.0 Å². The maximum absolute atomic E-state index is 12.4. The van der Waals surface area contributed by atoms with E-state index in [4.69, 9.17) is 0 Å². The molecule has 2 amide bonds. The van der Waals surface area contributed by atoms with E-state index < -0.39 is 6.04 Å². The lowest BCUT2D eigenvalue weighted by molar-refractivity contribution is -0.109.